The van der Waals surface area contributed by atoms with Crippen LogP contribution in [0.25, 0.3) is 0 Å². The number of carbonyl (C=O) groups is 2. The number of aryl methyl sites for hydroxylation is 1. The maximum absolute atomic E-state index is 13.2. The minimum atomic E-state index is -0.359. The fourth-order valence-electron chi connectivity index (χ4n) is 4.92. The Morgan fingerprint density at radius 1 is 1.00 bits per heavy atom. The zero-order valence-corrected chi connectivity index (χ0v) is 15.6. The highest BCUT2D eigenvalue weighted by atomic mass is 16.4. The molecule has 1 aromatic rings. The van der Waals surface area contributed by atoms with Gasteiger partial charge in [-0.25, -0.2) is 0 Å². The molecular weight excluding hydrogens is 342 g/mol. The first-order valence-corrected chi connectivity index (χ1v) is 10.0. The van der Waals surface area contributed by atoms with E-state index in [2.05, 4.69) is 23.4 Å². The Kier molecular flexibility index (Phi) is 5.14. The third-order valence-corrected chi connectivity index (χ3v) is 6.34. The summed E-state index contributed by atoms with van der Waals surface area (Å²) >= 11 is 0. The standard InChI is InChI=1S/C21H27N3O3/c25-20(17-10-9-15-5-1-2-6-16(15)13-17)24-12-4-8-19(24)21(26)23-11-3-7-18(23)14-22-27/h1-2,5-6,14,17-19,27H,3-4,7-13H2/t17-,18-,19-/m0/s1. The summed E-state index contributed by atoms with van der Waals surface area (Å²) in [6.45, 7) is 1.34. The summed E-state index contributed by atoms with van der Waals surface area (Å²) in [5, 5.41) is 12.0. The molecule has 2 heterocycles. The van der Waals surface area contributed by atoms with Crippen molar-refractivity contribution in [1.29, 1.82) is 0 Å². The van der Waals surface area contributed by atoms with Crippen LogP contribution >= 0.6 is 0 Å². The molecular formula is C21H27N3O3. The van der Waals surface area contributed by atoms with Crippen LogP contribution in [0.3, 0.4) is 0 Å². The molecule has 27 heavy (non-hydrogen) atoms. The van der Waals surface area contributed by atoms with E-state index < -0.39 is 0 Å². The summed E-state index contributed by atoms with van der Waals surface area (Å²) in [4.78, 5) is 30.0. The summed E-state index contributed by atoms with van der Waals surface area (Å²) in [5.41, 5.74) is 2.61. The van der Waals surface area contributed by atoms with E-state index in [1.807, 2.05) is 11.0 Å². The van der Waals surface area contributed by atoms with Crippen LogP contribution in [0.4, 0.5) is 0 Å². The number of hydrogen-bond acceptors (Lipinski definition) is 4. The molecule has 2 fully saturated rings. The van der Waals surface area contributed by atoms with Crippen molar-refractivity contribution in [2.24, 2.45) is 11.1 Å². The van der Waals surface area contributed by atoms with Crippen LogP contribution in [-0.4, -0.2) is 58.2 Å². The molecule has 2 amide bonds. The molecule has 0 bridgehead atoms. The molecule has 2 aliphatic heterocycles. The lowest BCUT2D eigenvalue weighted by Crippen LogP contribution is -2.51. The quantitative estimate of drug-likeness (QED) is 0.504. The maximum Gasteiger partial charge on any atom is 0.245 e. The number of rotatable bonds is 3. The third kappa shape index (κ3) is 3.45. The van der Waals surface area contributed by atoms with Crippen LogP contribution in [-0.2, 0) is 22.4 Å². The Hall–Kier alpha value is -2.37. The van der Waals surface area contributed by atoms with E-state index in [0.717, 1.165) is 44.9 Å². The fraction of sp³-hybridized carbons (Fsp3) is 0.571. The van der Waals surface area contributed by atoms with Gasteiger partial charge in [-0.15, -0.1) is 0 Å². The van der Waals surface area contributed by atoms with Crippen molar-refractivity contribution in [2.75, 3.05) is 13.1 Å². The second kappa shape index (κ2) is 7.71. The highest BCUT2D eigenvalue weighted by Crippen LogP contribution is 2.30. The Labute approximate surface area is 159 Å². The molecule has 0 aromatic heterocycles. The van der Waals surface area contributed by atoms with E-state index in [4.69, 9.17) is 5.21 Å². The van der Waals surface area contributed by atoms with Crippen molar-refractivity contribution in [3.05, 3.63) is 35.4 Å². The lowest BCUT2D eigenvalue weighted by molar-refractivity contribution is -0.146. The van der Waals surface area contributed by atoms with Gasteiger partial charge < -0.3 is 15.0 Å². The van der Waals surface area contributed by atoms with Gasteiger partial charge >= 0.3 is 0 Å². The first kappa shape index (κ1) is 18.0. The Balaban J connectivity index is 1.47. The lowest BCUT2D eigenvalue weighted by atomic mass is 9.83. The molecule has 4 rings (SSSR count). The van der Waals surface area contributed by atoms with Crippen LogP contribution in [0.15, 0.2) is 29.4 Å². The van der Waals surface area contributed by atoms with Gasteiger partial charge in [-0.3, -0.25) is 9.59 Å². The zero-order chi connectivity index (χ0) is 18.8. The first-order chi connectivity index (χ1) is 13.2. The Morgan fingerprint density at radius 3 is 2.56 bits per heavy atom. The van der Waals surface area contributed by atoms with Crippen LogP contribution in [0.1, 0.15) is 43.2 Å². The van der Waals surface area contributed by atoms with Gasteiger partial charge in [0.2, 0.25) is 11.8 Å². The van der Waals surface area contributed by atoms with Gasteiger partial charge in [0, 0.05) is 19.0 Å². The van der Waals surface area contributed by atoms with E-state index in [1.165, 1.54) is 17.3 Å². The molecule has 0 saturated carbocycles. The Morgan fingerprint density at radius 2 is 1.74 bits per heavy atom. The fourth-order valence-corrected chi connectivity index (χ4v) is 4.92. The SMILES string of the molecule is O=C([C@@H]1CCCN1C(=O)[C@H]1CCc2ccccc2C1)N1CCC[C@H]1C=NO. The molecule has 0 spiro atoms. The summed E-state index contributed by atoms with van der Waals surface area (Å²) in [5.74, 6) is 0.119. The van der Waals surface area contributed by atoms with E-state index in [0.29, 0.717) is 13.1 Å². The number of fused-ring (bicyclic) bond motifs is 1. The molecule has 1 aliphatic carbocycles. The molecule has 0 unspecified atom stereocenters. The highest BCUT2D eigenvalue weighted by molar-refractivity contribution is 5.91. The predicted molar refractivity (Wildman–Crippen MR) is 102 cm³/mol. The summed E-state index contributed by atoms with van der Waals surface area (Å²) < 4.78 is 0. The normalized spacial score (nSPS) is 27.9. The minimum Gasteiger partial charge on any atom is -0.411 e. The topological polar surface area (TPSA) is 73.2 Å². The number of likely N-dealkylation sites (tertiary alicyclic amines) is 2. The number of amides is 2. The summed E-state index contributed by atoms with van der Waals surface area (Å²) in [6.07, 6.45) is 7.32. The molecule has 0 radical (unpaired) electrons. The molecule has 3 atom stereocenters. The van der Waals surface area contributed by atoms with Gasteiger partial charge in [-0.05, 0) is 56.1 Å². The molecule has 2 saturated heterocycles. The van der Waals surface area contributed by atoms with Crippen molar-refractivity contribution < 1.29 is 14.8 Å². The zero-order valence-electron chi connectivity index (χ0n) is 15.6. The first-order valence-electron chi connectivity index (χ1n) is 10.0. The third-order valence-electron chi connectivity index (χ3n) is 6.34. The lowest BCUT2D eigenvalue weighted by Gasteiger charge is -2.33. The van der Waals surface area contributed by atoms with Crippen molar-refractivity contribution in [1.82, 2.24) is 9.80 Å². The Bertz CT molecular complexity index is 748. The van der Waals surface area contributed by atoms with Gasteiger partial charge in [0.05, 0.1) is 12.3 Å². The largest absolute Gasteiger partial charge is 0.411 e. The number of hydrogen-bond donors (Lipinski definition) is 1. The molecule has 6 heteroatoms. The smallest absolute Gasteiger partial charge is 0.245 e. The maximum atomic E-state index is 13.2. The van der Waals surface area contributed by atoms with Crippen molar-refractivity contribution >= 4 is 18.0 Å². The van der Waals surface area contributed by atoms with Crippen LogP contribution in [0.5, 0.6) is 0 Å². The van der Waals surface area contributed by atoms with Crippen molar-refractivity contribution in [3.63, 3.8) is 0 Å². The minimum absolute atomic E-state index is 0.0134. The summed E-state index contributed by atoms with van der Waals surface area (Å²) in [7, 11) is 0. The van der Waals surface area contributed by atoms with E-state index in [-0.39, 0.29) is 29.8 Å². The molecule has 144 valence electrons. The monoisotopic (exact) mass is 369 g/mol. The number of benzene rings is 1. The average molecular weight is 369 g/mol. The molecule has 3 aliphatic rings. The highest BCUT2D eigenvalue weighted by Gasteiger charge is 2.41. The van der Waals surface area contributed by atoms with Gasteiger partial charge in [-0.2, -0.15) is 0 Å². The van der Waals surface area contributed by atoms with Gasteiger partial charge in [0.1, 0.15) is 6.04 Å². The van der Waals surface area contributed by atoms with Crippen LogP contribution < -0.4 is 0 Å². The van der Waals surface area contributed by atoms with Crippen molar-refractivity contribution in [2.45, 2.75) is 57.0 Å². The predicted octanol–water partition coefficient (Wildman–Crippen LogP) is 2.23. The molecule has 1 aromatic carbocycles. The second-order valence-corrected chi connectivity index (χ2v) is 7.90. The average Bonchev–Trinajstić information content (AvgIpc) is 3.36. The second-order valence-electron chi connectivity index (χ2n) is 7.90. The van der Waals surface area contributed by atoms with Crippen molar-refractivity contribution in [3.8, 4) is 0 Å². The summed E-state index contributed by atoms with van der Waals surface area (Å²) in [6, 6.07) is 7.84. The van der Waals surface area contributed by atoms with Gasteiger partial charge in [0.25, 0.3) is 0 Å². The number of nitrogens with zero attached hydrogens (tertiary/aromatic N) is 3. The van der Waals surface area contributed by atoms with E-state index in [9.17, 15) is 9.59 Å². The van der Waals surface area contributed by atoms with E-state index in [1.54, 1.807) is 4.90 Å². The van der Waals surface area contributed by atoms with E-state index >= 15 is 0 Å². The van der Waals surface area contributed by atoms with Gasteiger partial charge in [0.15, 0.2) is 0 Å². The number of oxime groups is 1. The van der Waals surface area contributed by atoms with Crippen LogP contribution in [0.2, 0.25) is 0 Å². The molecule has 6 nitrogen and oxygen atoms in total. The van der Waals surface area contributed by atoms with Crippen LogP contribution in [0, 0.1) is 5.92 Å². The van der Waals surface area contributed by atoms with Gasteiger partial charge in [-0.1, -0.05) is 29.4 Å². The number of carbonyl (C=O) groups excluding carboxylic acids is 2. The molecule has 1 N–H and O–H groups in total.